The number of anilines is 2. The lowest BCUT2D eigenvalue weighted by molar-refractivity contribution is -0.118. The Balaban J connectivity index is 1.56. The molecule has 3 rings (SSSR count). The van der Waals surface area contributed by atoms with E-state index in [1.54, 1.807) is 12.1 Å². The topological polar surface area (TPSA) is 59.6 Å². The summed E-state index contributed by atoms with van der Waals surface area (Å²) in [5.74, 6) is 0.818. The monoisotopic (exact) mass is 458 g/mol. The van der Waals surface area contributed by atoms with E-state index in [2.05, 4.69) is 10.6 Å². The zero-order chi connectivity index (χ0) is 22.2. The number of carbonyl (C=O) groups excluding carboxylic acids is 1. The molecule has 1 amide bonds. The molecule has 0 radical (unpaired) electrons. The lowest BCUT2D eigenvalue weighted by Crippen LogP contribution is -2.20. The maximum Gasteiger partial charge on any atom is 0.262 e. The van der Waals surface area contributed by atoms with Gasteiger partial charge in [0, 0.05) is 17.9 Å². The van der Waals surface area contributed by atoms with Crippen LogP contribution in [0.3, 0.4) is 0 Å². The first-order chi connectivity index (χ1) is 14.9. The fourth-order valence-corrected chi connectivity index (χ4v) is 3.59. The van der Waals surface area contributed by atoms with Crippen LogP contribution in [-0.4, -0.2) is 19.1 Å². The molecule has 0 saturated carbocycles. The Bertz CT molecular complexity index is 1020. The van der Waals surface area contributed by atoms with Crippen molar-refractivity contribution in [1.29, 1.82) is 0 Å². The normalized spacial score (nSPS) is 10.5. The molecule has 162 valence electrons. The van der Waals surface area contributed by atoms with E-state index < -0.39 is 0 Å². The first-order valence-electron chi connectivity index (χ1n) is 9.88. The quantitative estimate of drug-likeness (QED) is 0.393. The minimum Gasteiger partial charge on any atom is -0.494 e. The molecule has 0 bridgehead atoms. The molecule has 3 aromatic carbocycles. The van der Waals surface area contributed by atoms with Gasteiger partial charge in [0.2, 0.25) is 0 Å². The van der Waals surface area contributed by atoms with Crippen molar-refractivity contribution in [2.75, 3.05) is 23.8 Å². The number of carbonyl (C=O) groups is 1. The molecule has 3 aromatic rings. The summed E-state index contributed by atoms with van der Waals surface area (Å²) in [5.41, 5.74) is 3.60. The Kier molecular flexibility index (Phi) is 8.04. The molecule has 0 aromatic heterocycles. The first kappa shape index (κ1) is 22.8. The minimum atomic E-state index is -0.293. The van der Waals surface area contributed by atoms with Crippen LogP contribution in [0.1, 0.15) is 18.1 Å². The van der Waals surface area contributed by atoms with Gasteiger partial charge in [0.25, 0.3) is 5.91 Å². The molecule has 0 atom stereocenters. The molecular weight excluding hydrogens is 435 g/mol. The summed E-state index contributed by atoms with van der Waals surface area (Å²) in [6.45, 7) is 4.87. The fourth-order valence-electron chi connectivity index (χ4n) is 2.95. The zero-order valence-corrected chi connectivity index (χ0v) is 18.9. The second-order valence-corrected chi connectivity index (χ2v) is 7.72. The Morgan fingerprint density at radius 1 is 0.935 bits per heavy atom. The molecule has 0 saturated heterocycles. The van der Waals surface area contributed by atoms with Crippen LogP contribution in [0.2, 0.25) is 10.0 Å². The van der Waals surface area contributed by atoms with Gasteiger partial charge < -0.3 is 20.1 Å². The Hall–Kier alpha value is -2.89. The van der Waals surface area contributed by atoms with Crippen molar-refractivity contribution in [2.45, 2.75) is 20.4 Å². The number of nitrogens with one attached hydrogen (secondary N) is 2. The lowest BCUT2D eigenvalue weighted by Gasteiger charge is -2.13. The molecule has 0 fully saturated rings. The number of hydrogen-bond donors (Lipinski definition) is 2. The van der Waals surface area contributed by atoms with E-state index in [0.29, 0.717) is 28.9 Å². The van der Waals surface area contributed by atoms with Gasteiger partial charge in [-0.3, -0.25) is 4.79 Å². The highest BCUT2D eigenvalue weighted by molar-refractivity contribution is 6.37. The molecule has 5 nitrogen and oxygen atoms in total. The van der Waals surface area contributed by atoms with E-state index >= 15 is 0 Å². The number of ether oxygens (including phenoxy) is 2. The third kappa shape index (κ3) is 6.81. The average molecular weight is 459 g/mol. The van der Waals surface area contributed by atoms with E-state index in [4.69, 9.17) is 32.7 Å². The van der Waals surface area contributed by atoms with Crippen LogP contribution < -0.4 is 20.1 Å². The summed E-state index contributed by atoms with van der Waals surface area (Å²) in [7, 11) is 0. The summed E-state index contributed by atoms with van der Waals surface area (Å²) >= 11 is 12.7. The van der Waals surface area contributed by atoms with Gasteiger partial charge in [-0.05, 0) is 73.5 Å². The molecule has 0 aliphatic carbocycles. The Morgan fingerprint density at radius 3 is 2.29 bits per heavy atom. The Labute approximate surface area is 192 Å². The lowest BCUT2D eigenvalue weighted by atomic mass is 10.2. The van der Waals surface area contributed by atoms with Crippen molar-refractivity contribution >= 4 is 40.5 Å². The number of benzene rings is 3. The molecule has 0 spiro atoms. The highest BCUT2D eigenvalue weighted by Gasteiger charge is 2.12. The zero-order valence-electron chi connectivity index (χ0n) is 17.4. The molecule has 0 aliphatic rings. The van der Waals surface area contributed by atoms with Crippen LogP contribution in [0.15, 0.2) is 60.7 Å². The number of halogens is 2. The molecule has 31 heavy (non-hydrogen) atoms. The summed E-state index contributed by atoms with van der Waals surface area (Å²) in [6.07, 6.45) is 0. The van der Waals surface area contributed by atoms with Gasteiger partial charge in [-0.15, -0.1) is 0 Å². The molecule has 0 unspecified atom stereocenters. The van der Waals surface area contributed by atoms with Gasteiger partial charge in [0.1, 0.15) is 5.75 Å². The highest BCUT2D eigenvalue weighted by atomic mass is 35.5. The van der Waals surface area contributed by atoms with Crippen LogP contribution in [0.25, 0.3) is 0 Å². The largest absolute Gasteiger partial charge is 0.494 e. The predicted octanol–water partition coefficient (Wildman–Crippen LogP) is 6.33. The SMILES string of the molecule is CCOc1ccc(NCc2cc(Cl)c(OCC(=O)Nc3cccc(C)c3)c(Cl)c2)cc1. The molecular formula is C24H24Cl2N2O3. The van der Waals surface area contributed by atoms with Gasteiger partial charge >= 0.3 is 0 Å². The van der Waals surface area contributed by atoms with Crippen molar-refractivity contribution in [3.05, 3.63) is 81.8 Å². The van der Waals surface area contributed by atoms with Gasteiger partial charge in [0.15, 0.2) is 12.4 Å². The number of rotatable bonds is 9. The average Bonchev–Trinajstić information content (AvgIpc) is 2.73. The predicted molar refractivity (Wildman–Crippen MR) is 127 cm³/mol. The van der Waals surface area contributed by atoms with Gasteiger partial charge in [0.05, 0.1) is 16.7 Å². The van der Waals surface area contributed by atoms with E-state index in [-0.39, 0.29) is 18.3 Å². The van der Waals surface area contributed by atoms with Crippen molar-refractivity contribution in [1.82, 2.24) is 0 Å². The van der Waals surface area contributed by atoms with Gasteiger partial charge in [-0.2, -0.15) is 0 Å². The first-order valence-corrected chi connectivity index (χ1v) is 10.6. The second-order valence-electron chi connectivity index (χ2n) is 6.91. The highest BCUT2D eigenvalue weighted by Crippen LogP contribution is 2.34. The van der Waals surface area contributed by atoms with Crippen LogP contribution in [-0.2, 0) is 11.3 Å². The van der Waals surface area contributed by atoms with Crippen molar-refractivity contribution < 1.29 is 14.3 Å². The van der Waals surface area contributed by atoms with Crippen molar-refractivity contribution in [2.24, 2.45) is 0 Å². The number of aryl methyl sites for hydroxylation is 1. The standard InChI is InChI=1S/C24H24Cl2N2O3/c1-3-30-20-9-7-18(8-10-20)27-14-17-12-21(25)24(22(26)13-17)31-15-23(29)28-19-6-4-5-16(2)11-19/h4-13,27H,3,14-15H2,1-2H3,(H,28,29). The summed E-state index contributed by atoms with van der Waals surface area (Å²) in [6, 6.07) is 18.8. The van der Waals surface area contributed by atoms with Crippen LogP contribution in [0, 0.1) is 6.92 Å². The summed E-state index contributed by atoms with van der Waals surface area (Å²) < 4.78 is 11.0. The minimum absolute atomic E-state index is 0.197. The second kappa shape index (κ2) is 10.9. The van der Waals surface area contributed by atoms with Crippen LogP contribution >= 0.6 is 23.2 Å². The third-order valence-corrected chi connectivity index (χ3v) is 4.93. The summed E-state index contributed by atoms with van der Waals surface area (Å²) in [4.78, 5) is 12.2. The van der Waals surface area contributed by atoms with E-state index in [1.807, 2.05) is 62.4 Å². The molecule has 7 heteroatoms. The fraction of sp³-hybridized carbons (Fsp3) is 0.208. The van der Waals surface area contributed by atoms with E-state index in [0.717, 1.165) is 22.6 Å². The Morgan fingerprint density at radius 2 is 1.65 bits per heavy atom. The van der Waals surface area contributed by atoms with E-state index in [1.165, 1.54) is 0 Å². The number of hydrogen-bond acceptors (Lipinski definition) is 4. The van der Waals surface area contributed by atoms with Crippen molar-refractivity contribution in [3.63, 3.8) is 0 Å². The molecule has 0 heterocycles. The van der Waals surface area contributed by atoms with Crippen molar-refractivity contribution in [3.8, 4) is 11.5 Å². The number of amides is 1. The maximum absolute atomic E-state index is 12.2. The molecule has 0 aliphatic heterocycles. The van der Waals surface area contributed by atoms with Crippen LogP contribution in [0.4, 0.5) is 11.4 Å². The third-order valence-electron chi connectivity index (χ3n) is 4.37. The summed E-state index contributed by atoms with van der Waals surface area (Å²) in [5, 5.41) is 6.79. The van der Waals surface area contributed by atoms with E-state index in [9.17, 15) is 4.79 Å². The van der Waals surface area contributed by atoms with Gasteiger partial charge in [-0.1, -0.05) is 35.3 Å². The van der Waals surface area contributed by atoms with Gasteiger partial charge in [-0.25, -0.2) is 0 Å². The molecule has 2 N–H and O–H groups in total. The van der Waals surface area contributed by atoms with Crippen LogP contribution in [0.5, 0.6) is 11.5 Å². The smallest absolute Gasteiger partial charge is 0.262 e. The maximum atomic E-state index is 12.2.